The van der Waals surface area contributed by atoms with E-state index >= 15 is 0 Å². The van der Waals surface area contributed by atoms with Crippen LogP contribution in [0.25, 0.3) is 5.69 Å². The predicted molar refractivity (Wildman–Crippen MR) is 65.8 cm³/mol. The third-order valence-corrected chi connectivity index (χ3v) is 2.93. The Morgan fingerprint density at radius 2 is 2.12 bits per heavy atom. The molecule has 84 valence electrons. The summed E-state index contributed by atoms with van der Waals surface area (Å²) >= 11 is 0. The molecule has 0 radical (unpaired) electrons. The lowest BCUT2D eigenvalue weighted by atomic mass is 10.0. The van der Waals surface area contributed by atoms with Crippen LogP contribution in [0.5, 0.6) is 0 Å². The van der Waals surface area contributed by atoms with Crippen LogP contribution in [0, 0.1) is 13.8 Å². The first-order chi connectivity index (χ1) is 7.74. The van der Waals surface area contributed by atoms with E-state index in [0.29, 0.717) is 6.54 Å². The van der Waals surface area contributed by atoms with Crippen molar-refractivity contribution < 1.29 is 0 Å². The Morgan fingerprint density at radius 1 is 1.31 bits per heavy atom. The lowest BCUT2D eigenvalue weighted by Crippen LogP contribution is -2.09. The number of nitrogens with zero attached hydrogens (tertiary/aromatic N) is 2. The average Bonchev–Trinajstić information content (AvgIpc) is 2.77. The molecule has 0 spiro atoms. The van der Waals surface area contributed by atoms with Crippen molar-refractivity contribution in [1.29, 1.82) is 0 Å². The molecule has 0 unspecified atom stereocenters. The van der Waals surface area contributed by atoms with E-state index in [0.717, 1.165) is 6.42 Å². The van der Waals surface area contributed by atoms with Gasteiger partial charge in [-0.1, -0.05) is 12.1 Å². The molecular formula is C13H17N3. The van der Waals surface area contributed by atoms with Crippen molar-refractivity contribution in [2.24, 2.45) is 5.73 Å². The molecule has 16 heavy (non-hydrogen) atoms. The van der Waals surface area contributed by atoms with Gasteiger partial charge in [0.2, 0.25) is 0 Å². The lowest BCUT2D eigenvalue weighted by molar-refractivity contribution is 0.841. The molecule has 1 aromatic heterocycles. The molecule has 2 N–H and O–H groups in total. The molecule has 0 amide bonds. The highest BCUT2D eigenvalue weighted by Crippen LogP contribution is 2.22. The van der Waals surface area contributed by atoms with Gasteiger partial charge in [-0.3, -0.25) is 0 Å². The summed E-state index contributed by atoms with van der Waals surface area (Å²) in [5.74, 6) is 0. The van der Waals surface area contributed by atoms with Crippen LogP contribution in [-0.4, -0.2) is 16.3 Å². The molecule has 2 rings (SSSR count). The van der Waals surface area contributed by atoms with Gasteiger partial charge in [-0.25, -0.2) is 4.68 Å². The van der Waals surface area contributed by atoms with E-state index in [9.17, 15) is 0 Å². The monoisotopic (exact) mass is 215 g/mol. The predicted octanol–water partition coefficient (Wildman–Crippen LogP) is 1.99. The molecule has 0 aliphatic carbocycles. The quantitative estimate of drug-likeness (QED) is 0.851. The zero-order chi connectivity index (χ0) is 11.5. The van der Waals surface area contributed by atoms with Crippen LogP contribution in [-0.2, 0) is 6.42 Å². The van der Waals surface area contributed by atoms with Crippen molar-refractivity contribution >= 4 is 0 Å². The van der Waals surface area contributed by atoms with Crippen LogP contribution in [0.2, 0.25) is 0 Å². The molecule has 3 heteroatoms. The summed E-state index contributed by atoms with van der Waals surface area (Å²) in [5, 5.41) is 4.31. The van der Waals surface area contributed by atoms with Crippen LogP contribution < -0.4 is 5.73 Å². The summed E-state index contributed by atoms with van der Waals surface area (Å²) in [6, 6.07) is 6.23. The van der Waals surface area contributed by atoms with E-state index in [1.165, 1.54) is 22.4 Å². The molecule has 1 heterocycles. The molecule has 0 aliphatic heterocycles. The Morgan fingerprint density at radius 3 is 2.75 bits per heavy atom. The van der Waals surface area contributed by atoms with E-state index in [1.807, 2.05) is 16.9 Å². The highest BCUT2D eigenvalue weighted by molar-refractivity contribution is 5.50. The average molecular weight is 215 g/mol. The van der Waals surface area contributed by atoms with Crippen molar-refractivity contribution in [3.05, 3.63) is 47.3 Å². The van der Waals surface area contributed by atoms with E-state index in [-0.39, 0.29) is 0 Å². The minimum Gasteiger partial charge on any atom is -0.330 e. The molecule has 0 atom stereocenters. The van der Waals surface area contributed by atoms with Gasteiger partial charge in [-0.05, 0) is 49.6 Å². The van der Waals surface area contributed by atoms with E-state index in [2.05, 4.69) is 31.1 Å². The van der Waals surface area contributed by atoms with E-state index < -0.39 is 0 Å². The molecule has 0 saturated carbocycles. The largest absolute Gasteiger partial charge is 0.330 e. The number of rotatable bonds is 3. The van der Waals surface area contributed by atoms with Crippen LogP contribution in [0.3, 0.4) is 0 Å². The van der Waals surface area contributed by atoms with Crippen molar-refractivity contribution in [2.75, 3.05) is 6.54 Å². The third kappa shape index (κ3) is 1.86. The van der Waals surface area contributed by atoms with Gasteiger partial charge in [0, 0.05) is 12.4 Å². The summed E-state index contributed by atoms with van der Waals surface area (Å²) in [5.41, 5.74) is 10.6. The van der Waals surface area contributed by atoms with Gasteiger partial charge in [-0.15, -0.1) is 0 Å². The Balaban J connectivity index is 2.59. The maximum atomic E-state index is 5.64. The topological polar surface area (TPSA) is 43.8 Å². The van der Waals surface area contributed by atoms with Crippen LogP contribution in [0.15, 0.2) is 30.6 Å². The molecule has 0 saturated heterocycles. The molecule has 2 aromatic rings. The van der Waals surface area contributed by atoms with Crippen LogP contribution in [0.4, 0.5) is 0 Å². The second-order valence-corrected chi connectivity index (χ2v) is 4.00. The molecule has 3 nitrogen and oxygen atoms in total. The summed E-state index contributed by atoms with van der Waals surface area (Å²) in [6.45, 7) is 4.91. The van der Waals surface area contributed by atoms with Gasteiger partial charge >= 0.3 is 0 Å². The molecule has 0 fully saturated rings. The fourth-order valence-electron chi connectivity index (χ4n) is 1.93. The van der Waals surface area contributed by atoms with Gasteiger partial charge in [0.25, 0.3) is 0 Å². The van der Waals surface area contributed by atoms with Crippen molar-refractivity contribution in [2.45, 2.75) is 20.3 Å². The first-order valence-corrected chi connectivity index (χ1v) is 5.53. The first-order valence-electron chi connectivity index (χ1n) is 5.53. The zero-order valence-electron chi connectivity index (χ0n) is 9.77. The number of hydrogen-bond acceptors (Lipinski definition) is 2. The Kier molecular flexibility index (Phi) is 3.06. The van der Waals surface area contributed by atoms with E-state index in [1.54, 1.807) is 6.20 Å². The second-order valence-electron chi connectivity index (χ2n) is 4.00. The fraction of sp³-hybridized carbons (Fsp3) is 0.308. The van der Waals surface area contributed by atoms with Gasteiger partial charge in [0.05, 0.1) is 5.69 Å². The van der Waals surface area contributed by atoms with Gasteiger partial charge < -0.3 is 5.73 Å². The summed E-state index contributed by atoms with van der Waals surface area (Å²) in [4.78, 5) is 0. The van der Waals surface area contributed by atoms with Gasteiger partial charge in [0.1, 0.15) is 0 Å². The highest BCUT2D eigenvalue weighted by Gasteiger charge is 2.09. The second kappa shape index (κ2) is 4.49. The van der Waals surface area contributed by atoms with Crippen molar-refractivity contribution in [3.63, 3.8) is 0 Å². The number of aromatic nitrogens is 2. The number of nitrogens with two attached hydrogens (primary N) is 1. The third-order valence-electron chi connectivity index (χ3n) is 2.93. The normalized spacial score (nSPS) is 10.7. The maximum absolute atomic E-state index is 5.64. The van der Waals surface area contributed by atoms with Crippen molar-refractivity contribution in [1.82, 2.24) is 9.78 Å². The standard InChI is InChI=1S/C13H17N3/c1-10-4-5-12(6-7-14)13(11(10)2)16-9-3-8-15-16/h3-5,8-9H,6-7,14H2,1-2H3. The summed E-state index contributed by atoms with van der Waals surface area (Å²) in [7, 11) is 0. The lowest BCUT2D eigenvalue weighted by Gasteiger charge is -2.14. The first kappa shape index (κ1) is 10.9. The molecule has 1 aromatic carbocycles. The van der Waals surface area contributed by atoms with Crippen LogP contribution >= 0.6 is 0 Å². The summed E-state index contributed by atoms with van der Waals surface area (Å²) in [6.07, 6.45) is 4.66. The Labute approximate surface area is 95.9 Å². The minimum absolute atomic E-state index is 0.663. The van der Waals surface area contributed by atoms with Gasteiger partial charge in [0.15, 0.2) is 0 Å². The maximum Gasteiger partial charge on any atom is 0.0709 e. The Bertz CT molecular complexity index is 472. The molecule has 0 aliphatic rings. The highest BCUT2D eigenvalue weighted by atomic mass is 15.3. The number of benzene rings is 1. The smallest absolute Gasteiger partial charge is 0.0709 e. The number of aryl methyl sites for hydroxylation is 1. The van der Waals surface area contributed by atoms with Gasteiger partial charge in [-0.2, -0.15) is 5.10 Å². The molecule has 0 bridgehead atoms. The van der Waals surface area contributed by atoms with E-state index in [4.69, 9.17) is 5.73 Å². The minimum atomic E-state index is 0.663. The number of hydrogen-bond donors (Lipinski definition) is 1. The summed E-state index contributed by atoms with van der Waals surface area (Å²) < 4.78 is 1.92. The Hall–Kier alpha value is -1.61. The van der Waals surface area contributed by atoms with Crippen LogP contribution in [0.1, 0.15) is 16.7 Å². The SMILES string of the molecule is Cc1ccc(CCN)c(-n2cccn2)c1C. The van der Waals surface area contributed by atoms with Crippen molar-refractivity contribution in [3.8, 4) is 5.69 Å². The fourth-order valence-corrected chi connectivity index (χ4v) is 1.93. The molecular weight excluding hydrogens is 198 g/mol. The zero-order valence-corrected chi connectivity index (χ0v) is 9.77.